The minimum atomic E-state index is -3.99. The molecule has 1 aliphatic heterocycles. The van der Waals surface area contributed by atoms with E-state index in [9.17, 15) is 18.3 Å². The van der Waals surface area contributed by atoms with E-state index in [1.54, 1.807) is 50.2 Å². The lowest BCUT2D eigenvalue weighted by Crippen LogP contribution is -2.53. The molecule has 186 valence electrons. The Morgan fingerprint density at radius 3 is 2.46 bits per heavy atom. The number of aliphatic hydroxyl groups excluding tert-OH is 1. The molecule has 0 saturated carbocycles. The van der Waals surface area contributed by atoms with Gasteiger partial charge in [-0.25, -0.2) is 18.1 Å². The monoisotopic (exact) mass is 561 g/mol. The summed E-state index contributed by atoms with van der Waals surface area (Å²) in [5, 5.41) is 13.8. The number of hydrogen-bond donors (Lipinski definition) is 3. The number of rotatable bonds is 6. The molecule has 1 amide bonds. The first-order chi connectivity index (χ1) is 16.5. The molecule has 3 N–H and O–H groups in total. The Morgan fingerprint density at radius 2 is 1.83 bits per heavy atom. The average Bonchev–Trinajstić information content (AvgIpc) is 2.83. The first-order valence-electron chi connectivity index (χ1n) is 11.1. The lowest BCUT2D eigenvalue weighted by molar-refractivity contribution is -0.0632. The Hall–Kier alpha value is -2.79. The van der Waals surface area contributed by atoms with Crippen molar-refractivity contribution in [1.82, 2.24) is 9.71 Å². The Kier molecular flexibility index (Phi) is 7.01. The van der Waals surface area contributed by atoms with Crippen LogP contribution >= 0.6 is 15.9 Å². The van der Waals surface area contributed by atoms with E-state index < -0.39 is 33.7 Å². The molecule has 3 aromatic rings. The summed E-state index contributed by atoms with van der Waals surface area (Å²) in [6.07, 6.45) is 0.895. The van der Waals surface area contributed by atoms with Gasteiger partial charge in [0, 0.05) is 23.3 Å². The highest BCUT2D eigenvalue weighted by atomic mass is 79.9. The van der Waals surface area contributed by atoms with Crippen LogP contribution < -0.4 is 14.8 Å². The van der Waals surface area contributed by atoms with Crippen LogP contribution in [-0.4, -0.2) is 36.1 Å². The van der Waals surface area contributed by atoms with E-state index in [2.05, 4.69) is 31.0 Å². The Bertz CT molecular complexity index is 1350. The second kappa shape index (κ2) is 9.69. The van der Waals surface area contributed by atoms with Crippen molar-refractivity contribution < 1.29 is 24.5 Å². The van der Waals surface area contributed by atoms with Crippen LogP contribution in [0.25, 0.3) is 0 Å². The fraction of sp³-hybridized carbons (Fsp3) is 0.280. The number of aliphatic hydroxyl groups is 1. The normalized spacial score (nSPS) is 18.9. The number of carbonyl (C=O) groups is 1. The molecule has 0 fully saturated rings. The SMILES string of the molecule is CCc1ccc(S(=O)(=O)N[C@@H]2c3cc(C(=O)Nc4ccc(Br)cc4)cnc3OC(C)(C)[C@H]2O)cc1.[HH]. The number of aromatic nitrogens is 1. The first-order valence-corrected chi connectivity index (χ1v) is 13.3. The number of carbonyl (C=O) groups excluding carboxylic acids is 1. The number of pyridine rings is 1. The predicted molar refractivity (Wildman–Crippen MR) is 138 cm³/mol. The van der Waals surface area contributed by atoms with Gasteiger partial charge in [-0.1, -0.05) is 35.0 Å². The van der Waals surface area contributed by atoms with Gasteiger partial charge in [-0.05, 0) is 68.3 Å². The minimum Gasteiger partial charge on any atom is -0.469 e. The van der Waals surface area contributed by atoms with Gasteiger partial charge in [0.25, 0.3) is 5.91 Å². The molecule has 2 atom stereocenters. The molecule has 0 radical (unpaired) electrons. The molecular weight excluding hydrogens is 534 g/mol. The number of benzene rings is 2. The molecule has 8 nitrogen and oxygen atoms in total. The number of anilines is 1. The van der Waals surface area contributed by atoms with E-state index in [0.717, 1.165) is 16.5 Å². The summed E-state index contributed by atoms with van der Waals surface area (Å²) >= 11 is 3.35. The van der Waals surface area contributed by atoms with Gasteiger partial charge in [0.1, 0.15) is 11.7 Å². The number of nitrogens with one attached hydrogen (secondary N) is 2. The topological polar surface area (TPSA) is 118 Å². The number of fused-ring (bicyclic) bond motifs is 1. The van der Waals surface area contributed by atoms with Crippen LogP contribution in [0.4, 0.5) is 5.69 Å². The van der Waals surface area contributed by atoms with Gasteiger partial charge < -0.3 is 15.2 Å². The van der Waals surface area contributed by atoms with E-state index in [4.69, 9.17) is 4.74 Å². The van der Waals surface area contributed by atoms with E-state index in [0.29, 0.717) is 5.69 Å². The molecule has 0 unspecified atom stereocenters. The van der Waals surface area contributed by atoms with Gasteiger partial charge in [-0.3, -0.25) is 4.79 Å². The number of hydrogen-bond acceptors (Lipinski definition) is 6. The summed E-state index contributed by atoms with van der Waals surface area (Å²) in [6, 6.07) is 14.0. The lowest BCUT2D eigenvalue weighted by atomic mass is 9.88. The number of ether oxygens (including phenoxy) is 1. The van der Waals surface area contributed by atoms with Gasteiger partial charge in [0.05, 0.1) is 16.5 Å². The van der Waals surface area contributed by atoms with Crippen LogP contribution in [-0.2, 0) is 16.4 Å². The molecule has 2 heterocycles. The number of aryl methyl sites for hydroxylation is 1. The van der Waals surface area contributed by atoms with Crippen LogP contribution in [0.5, 0.6) is 5.88 Å². The molecule has 4 rings (SSSR count). The molecule has 2 aromatic carbocycles. The van der Waals surface area contributed by atoms with Crippen molar-refractivity contribution in [2.24, 2.45) is 0 Å². The van der Waals surface area contributed by atoms with Gasteiger partial charge in [0.15, 0.2) is 0 Å². The molecule has 35 heavy (non-hydrogen) atoms. The summed E-state index contributed by atoms with van der Waals surface area (Å²) in [4.78, 5) is 17.2. The Morgan fingerprint density at radius 1 is 1.17 bits per heavy atom. The van der Waals surface area contributed by atoms with Crippen LogP contribution in [0.15, 0.2) is 70.2 Å². The van der Waals surface area contributed by atoms with E-state index in [1.807, 2.05) is 6.92 Å². The molecule has 1 aromatic heterocycles. The van der Waals surface area contributed by atoms with E-state index >= 15 is 0 Å². The van der Waals surface area contributed by atoms with Crippen LogP contribution in [0.1, 0.15) is 49.7 Å². The van der Waals surface area contributed by atoms with Gasteiger partial charge >= 0.3 is 0 Å². The summed E-state index contributed by atoms with van der Waals surface area (Å²) in [5.74, 6) is -0.284. The van der Waals surface area contributed by atoms with Crippen molar-refractivity contribution in [1.29, 1.82) is 0 Å². The zero-order valence-electron chi connectivity index (χ0n) is 19.4. The van der Waals surface area contributed by atoms with Gasteiger partial charge in [0.2, 0.25) is 15.9 Å². The van der Waals surface area contributed by atoms with E-state index in [-0.39, 0.29) is 23.3 Å². The van der Waals surface area contributed by atoms with Gasteiger partial charge in [-0.15, -0.1) is 0 Å². The summed E-state index contributed by atoms with van der Waals surface area (Å²) < 4.78 is 35.7. The lowest BCUT2D eigenvalue weighted by Gasteiger charge is -2.41. The van der Waals surface area contributed by atoms with Crippen LogP contribution in [0, 0.1) is 0 Å². The summed E-state index contributed by atoms with van der Waals surface area (Å²) in [6.45, 7) is 5.28. The van der Waals surface area contributed by atoms with Crippen molar-refractivity contribution in [2.45, 2.75) is 49.8 Å². The van der Waals surface area contributed by atoms with Crippen molar-refractivity contribution in [3.05, 3.63) is 82.0 Å². The molecule has 0 spiro atoms. The molecule has 0 aliphatic carbocycles. The second-order valence-electron chi connectivity index (χ2n) is 8.83. The molecule has 10 heteroatoms. The zero-order valence-corrected chi connectivity index (χ0v) is 21.9. The number of sulfonamides is 1. The van der Waals surface area contributed by atoms with Crippen molar-refractivity contribution in [2.75, 3.05) is 5.32 Å². The van der Waals surface area contributed by atoms with Crippen LogP contribution in [0.2, 0.25) is 0 Å². The molecular formula is C25H28BrN3O5S. The third kappa shape index (κ3) is 5.40. The third-order valence-corrected chi connectivity index (χ3v) is 7.88. The number of amides is 1. The maximum absolute atomic E-state index is 13.2. The Balaban J connectivity index is 0.00000361. The quantitative estimate of drug-likeness (QED) is 0.409. The first kappa shape index (κ1) is 25.3. The van der Waals surface area contributed by atoms with E-state index in [1.165, 1.54) is 24.4 Å². The predicted octanol–water partition coefficient (Wildman–Crippen LogP) is 4.46. The van der Waals surface area contributed by atoms with Crippen molar-refractivity contribution >= 4 is 37.5 Å². The fourth-order valence-electron chi connectivity index (χ4n) is 3.79. The average molecular weight is 562 g/mol. The zero-order chi connectivity index (χ0) is 25.4. The highest BCUT2D eigenvalue weighted by molar-refractivity contribution is 9.10. The molecule has 0 saturated heterocycles. The van der Waals surface area contributed by atoms with Crippen molar-refractivity contribution in [3.8, 4) is 5.88 Å². The number of nitrogens with zero attached hydrogens (tertiary/aromatic N) is 1. The second-order valence-corrected chi connectivity index (χ2v) is 11.5. The van der Waals surface area contributed by atoms with Gasteiger partial charge in [-0.2, -0.15) is 0 Å². The smallest absolute Gasteiger partial charge is 0.257 e. The highest BCUT2D eigenvalue weighted by Crippen LogP contribution is 2.39. The largest absolute Gasteiger partial charge is 0.469 e. The number of halogens is 1. The summed E-state index contributed by atoms with van der Waals surface area (Å²) in [5.41, 5.74) is 0.932. The van der Waals surface area contributed by atoms with Crippen LogP contribution in [0.3, 0.4) is 0 Å². The standard InChI is InChI=1S/C25H26BrN3O5S.H2/c1-4-15-5-11-19(12-6-15)35(32,33)29-21-20-13-16(14-27-24(20)34-25(2,3)22(21)30)23(31)28-18-9-7-17(26)8-10-18;/h5-14,21-22,29-30H,4H2,1-3H3,(H,28,31);1H/t21-,22+;/m1./s1. The molecule has 1 aliphatic rings. The fourth-order valence-corrected chi connectivity index (χ4v) is 5.27. The molecule has 0 bridgehead atoms. The Labute approximate surface area is 214 Å². The summed E-state index contributed by atoms with van der Waals surface area (Å²) in [7, 11) is -3.99. The minimum absolute atomic E-state index is 0. The third-order valence-electron chi connectivity index (χ3n) is 5.89. The van der Waals surface area contributed by atoms with Crippen molar-refractivity contribution in [3.63, 3.8) is 0 Å². The maximum atomic E-state index is 13.2. The maximum Gasteiger partial charge on any atom is 0.257 e. The highest BCUT2D eigenvalue weighted by Gasteiger charge is 2.45.